The van der Waals surface area contributed by atoms with Gasteiger partial charge in [0.15, 0.2) is 0 Å². The van der Waals surface area contributed by atoms with Crippen LogP contribution in [0.5, 0.6) is 0 Å². The molecule has 0 atom stereocenters. The molecule has 0 saturated heterocycles. The van der Waals surface area contributed by atoms with Crippen molar-refractivity contribution in [3.05, 3.63) is 94.2 Å². The first-order chi connectivity index (χ1) is 15.7. The minimum atomic E-state index is 0.0102. The second-order valence-electron chi connectivity index (χ2n) is 8.52. The number of thiophene rings is 1. The van der Waals surface area contributed by atoms with Gasteiger partial charge in [0.1, 0.15) is 0 Å². The molecule has 2 aromatic carbocycles. The van der Waals surface area contributed by atoms with Crippen LogP contribution in [0.4, 0.5) is 0 Å². The standard InChI is InChI=1S/C27H30N2O2S/c30-26(16-15-22-8-3-1-4-9-22)29(19-24-13-14-24)21-27(31)28(20-25-12-7-17-32-25)18-23-10-5-2-6-11-23/h1-12,17,24H,13-16,18-21H2. The van der Waals surface area contributed by atoms with Gasteiger partial charge < -0.3 is 9.80 Å². The van der Waals surface area contributed by atoms with Crippen molar-refractivity contribution in [1.29, 1.82) is 0 Å². The van der Waals surface area contributed by atoms with E-state index in [-0.39, 0.29) is 18.4 Å². The molecule has 32 heavy (non-hydrogen) atoms. The van der Waals surface area contributed by atoms with Crippen LogP contribution in [-0.4, -0.2) is 34.7 Å². The molecule has 0 radical (unpaired) electrons. The van der Waals surface area contributed by atoms with E-state index in [2.05, 4.69) is 6.07 Å². The molecular formula is C27H30N2O2S. The molecule has 0 bridgehead atoms. The molecule has 4 nitrogen and oxygen atoms in total. The molecule has 5 heteroatoms. The highest BCUT2D eigenvalue weighted by molar-refractivity contribution is 7.09. The Morgan fingerprint density at radius 1 is 0.781 bits per heavy atom. The van der Waals surface area contributed by atoms with E-state index >= 15 is 0 Å². The fraction of sp³-hybridized carbons (Fsp3) is 0.333. The fourth-order valence-electron chi connectivity index (χ4n) is 3.81. The van der Waals surface area contributed by atoms with Crippen LogP contribution in [0, 0.1) is 5.92 Å². The molecule has 0 unspecified atom stereocenters. The third-order valence-electron chi connectivity index (χ3n) is 5.82. The van der Waals surface area contributed by atoms with Crippen molar-refractivity contribution in [3.63, 3.8) is 0 Å². The minimum absolute atomic E-state index is 0.0102. The van der Waals surface area contributed by atoms with Crippen LogP contribution < -0.4 is 0 Å². The molecule has 1 saturated carbocycles. The molecule has 4 rings (SSSR count). The molecule has 1 fully saturated rings. The number of amides is 2. The summed E-state index contributed by atoms with van der Waals surface area (Å²) in [7, 11) is 0. The van der Waals surface area contributed by atoms with Gasteiger partial charge in [0.2, 0.25) is 11.8 Å². The zero-order valence-corrected chi connectivity index (χ0v) is 19.2. The van der Waals surface area contributed by atoms with E-state index in [9.17, 15) is 9.59 Å². The Morgan fingerprint density at radius 2 is 1.47 bits per heavy atom. The lowest BCUT2D eigenvalue weighted by molar-refractivity contribution is -0.141. The smallest absolute Gasteiger partial charge is 0.242 e. The van der Waals surface area contributed by atoms with Gasteiger partial charge in [-0.05, 0) is 47.8 Å². The predicted octanol–water partition coefficient (Wildman–Crippen LogP) is 5.15. The second kappa shape index (κ2) is 11.1. The number of benzene rings is 2. The third kappa shape index (κ3) is 6.79. The zero-order chi connectivity index (χ0) is 22.2. The van der Waals surface area contributed by atoms with Crippen molar-refractivity contribution in [2.24, 2.45) is 5.92 Å². The number of carbonyl (C=O) groups is 2. The molecule has 0 aliphatic heterocycles. The highest BCUT2D eigenvalue weighted by Gasteiger charge is 2.29. The van der Waals surface area contributed by atoms with Gasteiger partial charge in [-0.1, -0.05) is 66.7 Å². The summed E-state index contributed by atoms with van der Waals surface area (Å²) in [5.41, 5.74) is 2.25. The van der Waals surface area contributed by atoms with Gasteiger partial charge in [0.25, 0.3) is 0 Å². The maximum Gasteiger partial charge on any atom is 0.242 e. The maximum atomic E-state index is 13.4. The van der Waals surface area contributed by atoms with Gasteiger partial charge in [-0.25, -0.2) is 0 Å². The highest BCUT2D eigenvalue weighted by Crippen LogP contribution is 2.30. The molecular weight excluding hydrogens is 416 g/mol. The molecule has 0 N–H and O–H groups in total. The van der Waals surface area contributed by atoms with Crippen LogP contribution in [0.3, 0.4) is 0 Å². The summed E-state index contributed by atoms with van der Waals surface area (Å²) in [6.45, 7) is 1.97. The van der Waals surface area contributed by atoms with E-state index < -0.39 is 0 Å². The van der Waals surface area contributed by atoms with Gasteiger partial charge in [0.05, 0.1) is 13.1 Å². The van der Waals surface area contributed by atoms with E-state index in [0.717, 1.165) is 28.8 Å². The SMILES string of the molecule is O=C(CN(CC1CC1)C(=O)CCc1ccccc1)N(Cc1ccccc1)Cc1cccs1. The first kappa shape index (κ1) is 22.3. The third-order valence-corrected chi connectivity index (χ3v) is 6.68. The highest BCUT2D eigenvalue weighted by atomic mass is 32.1. The van der Waals surface area contributed by atoms with Gasteiger partial charge in [0, 0.05) is 24.4 Å². The molecule has 1 heterocycles. The number of aryl methyl sites for hydroxylation is 1. The van der Waals surface area contributed by atoms with E-state index in [1.807, 2.05) is 77.0 Å². The Bertz CT molecular complexity index is 985. The molecule has 3 aromatic rings. The lowest BCUT2D eigenvalue weighted by Gasteiger charge is -2.28. The second-order valence-corrected chi connectivity index (χ2v) is 9.55. The largest absolute Gasteiger partial charge is 0.333 e. The lowest BCUT2D eigenvalue weighted by Crippen LogP contribution is -2.43. The van der Waals surface area contributed by atoms with Crippen LogP contribution >= 0.6 is 11.3 Å². The van der Waals surface area contributed by atoms with Crippen LogP contribution in [0.2, 0.25) is 0 Å². The summed E-state index contributed by atoms with van der Waals surface area (Å²) in [4.78, 5) is 31.3. The van der Waals surface area contributed by atoms with Crippen molar-refractivity contribution >= 4 is 23.2 Å². The number of hydrogen-bond donors (Lipinski definition) is 0. The van der Waals surface area contributed by atoms with Crippen LogP contribution in [0.1, 0.15) is 35.3 Å². The van der Waals surface area contributed by atoms with E-state index in [4.69, 9.17) is 0 Å². The number of hydrogen-bond acceptors (Lipinski definition) is 3. The summed E-state index contributed by atoms with van der Waals surface area (Å²) < 4.78 is 0. The first-order valence-corrected chi connectivity index (χ1v) is 12.2. The maximum absolute atomic E-state index is 13.4. The van der Waals surface area contributed by atoms with Crippen molar-refractivity contribution in [3.8, 4) is 0 Å². The molecule has 0 spiro atoms. The normalized spacial score (nSPS) is 13.0. The average molecular weight is 447 g/mol. The van der Waals surface area contributed by atoms with Crippen LogP contribution in [0.15, 0.2) is 78.2 Å². The first-order valence-electron chi connectivity index (χ1n) is 11.3. The summed E-state index contributed by atoms with van der Waals surface area (Å²) >= 11 is 1.66. The van der Waals surface area contributed by atoms with Gasteiger partial charge >= 0.3 is 0 Å². The topological polar surface area (TPSA) is 40.6 Å². The summed E-state index contributed by atoms with van der Waals surface area (Å²) in [5, 5.41) is 2.03. The van der Waals surface area contributed by atoms with E-state index in [1.165, 1.54) is 0 Å². The molecule has 2 amide bonds. The van der Waals surface area contributed by atoms with Crippen LogP contribution in [0.25, 0.3) is 0 Å². The van der Waals surface area contributed by atoms with Gasteiger partial charge in [-0.3, -0.25) is 9.59 Å². The number of rotatable bonds is 11. The summed E-state index contributed by atoms with van der Waals surface area (Å²) in [5.74, 6) is 0.629. The molecule has 166 valence electrons. The Balaban J connectivity index is 1.42. The minimum Gasteiger partial charge on any atom is -0.333 e. The molecule has 1 aromatic heterocycles. The van der Waals surface area contributed by atoms with E-state index in [1.54, 1.807) is 16.2 Å². The van der Waals surface area contributed by atoms with E-state index in [0.29, 0.717) is 38.4 Å². The van der Waals surface area contributed by atoms with Crippen molar-refractivity contribution in [1.82, 2.24) is 9.80 Å². The Morgan fingerprint density at radius 3 is 2.09 bits per heavy atom. The molecule has 1 aliphatic carbocycles. The summed E-state index contributed by atoms with van der Waals surface area (Å²) in [6, 6.07) is 24.2. The Kier molecular flexibility index (Phi) is 7.73. The quantitative estimate of drug-likeness (QED) is 0.409. The van der Waals surface area contributed by atoms with Gasteiger partial charge in [-0.2, -0.15) is 0 Å². The fourth-order valence-corrected chi connectivity index (χ4v) is 4.53. The lowest BCUT2D eigenvalue weighted by atomic mass is 10.1. The molecule has 1 aliphatic rings. The number of carbonyl (C=O) groups excluding carboxylic acids is 2. The predicted molar refractivity (Wildman–Crippen MR) is 129 cm³/mol. The van der Waals surface area contributed by atoms with Crippen molar-refractivity contribution in [2.45, 2.75) is 38.8 Å². The monoisotopic (exact) mass is 446 g/mol. The van der Waals surface area contributed by atoms with Crippen LogP contribution in [-0.2, 0) is 29.1 Å². The Labute approximate surface area is 194 Å². The van der Waals surface area contributed by atoms with Crippen molar-refractivity contribution < 1.29 is 9.59 Å². The zero-order valence-electron chi connectivity index (χ0n) is 18.4. The van der Waals surface area contributed by atoms with Crippen molar-refractivity contribution in [2.75, 3.05) is 13.1 Å². The average Bonchev–Trinajstić information content (AvgIpc) is 3.49. The summed E-state index contributed by atoms with van der Waals surface area (Å²) in [6.07, 6.45) is 3.45. The Hall–Kier alpha value is -2.92. The number of nitrogens with zero attached hydrogens (tertiary/aromatic N) is 2. The van der Waals surface area contributed by atoms with Gasteiger partial charge in [-0.15, -0.1) is 11.3 Å².